The molecular formula is C43H29Cl3Zr-2. The van der Waals surface area contributed by atoms with Crippen molar-refractivity contribution in [2.45, 2.75) is 6.42 Å². The average Bonchev–Trinajstić information content (AvgIpc) is 3.81. The van der Waals surface area contributed by atoms with E-state index in [0.717, 1.165) is 11.4 Å². The predicted molar refractivity (Wildman–Crippen MR) is 192 cm³/mol. The van der Waals surface area contributed by atoms with E-state index in [2.05, 4.69) is 140 Å². The van der Waals surface area contributed by atoms with Gasteiger partial charge in [0.1, 0.15) is 0 Å². The minimum atomic E-state index is 0. The Labute approximate surface area is 307 Å². The first-order chi connectivity index (χ1) is 22.2. The predicted octanol–water partition coefficient (Wildman–Crippen LogP) is 5.94. The maximum atomic E-state index is 6.09. The van der Waals surface area contributed by atoms with E-state index in [1.54, 1.807) is 0 Å². The smallest absolute Gasteiger partial charge is 0.0255 e. The first-order valence-electron chi connectivity index (χ1n) is 15.1. The molecule has 0 fully saturated rings. The fraction of sp³-hybridized carbons (Fsp3) is 0.0233. The van der Waals surface area contributed by atoms with Crippen LogP contribution in [0, 0.1) is 6.08 Å². The molecule has 0 spiro atoms. The molecule has 8 aromatic rings. The van der Waals surface area contributed by atoms with E-state index in [-0.39, 0.29) is 24.8 Å². The summed E-state index contributed by atoms with van der Waals surface area (Å²) < 4.78 is 1.34. The SMILES string of the molecule is Clc1cccc([C](=[Zr+2])c2cccc3ccccc23)c1.[C-]1=CC=CC1.[Cl-].[Cl-].c1ccc2c(c1)[cH-]c1c3ccccc3c3ccccc3c21. The third kappa shape index (κ3) is 7.25. The van der Waals surface area contributed by atoms with Gasteiger partial charge < -0.3 is 24.8 Å². The molecule has 4 heteroatoms. The molecule has 0 saturated heterocycles. The molecule has 9 rings (SSSR count). The largest absolute Gasteiger partial charge is 1.00 e. The summed E-state index contributed by atoms with van der Waals surface area (Å²) in [4.78, 5) is 0. The summed E-state index contributed by atoms with van der Waals surface area (Å²) in [5.74, 6) is 0. The van der Waals surface area contributed by atoms with Crippen molar-refractivity contribution in [3.05, 3.63) is 186 Å². The Kier molecular flexibility index (Phi) is 11.7. The van der Waals surface area contributed by atoms with Gasteiger partial charge in [0.15, 0.2) is 0 Å². The van der Waals surface area contributed by atoms with Gasteiger partial charge in [0.05, 0.1) is 0 Å². The second kappa shape index (κ2) is 15.9. The Hall–Kier alpha value is -3.71. The number of hydrogen-bond donors (Lipinski definition) is 0. The Balaban J connectivity index is 0.000000156. The van der Waals surface area contributed by atoms with Crippen LogP contribution < -0.4 is 24.8 Å². The summed E-state index contributed by atoms with van der Waals surface area (Å²) in [6, 6.07) is 51.5. The van der Waals surface area contributed by atoms with Crippen LogP contribution in [0.4, 0.5) is 0 Å². The standard InChI is InChI=1S/C21H13.C17H11Cl.C5H5.2ClH.Zr/c1-2-8-15-14(7-1)13-20-18-11-4-3-9-16(18)17-10-5-6-12-19(17)21(15)20;18-16-9-3-5-13(12-16)11-15-8-4-7-14-6-1-2-10-17(14)15;1-2-4-5-3-1;;;/h1-13H;1-10,12H;1-3H,4H2;2*1H;/q-1;;-1;;;+2/p-2. The van der Waals surface area contributed by atoms with Crippen LogP contribution in [-0.2, 0) is 24.2 Å². The summed E-state index contributed by atoms with van der Waals surface area (Å²) in [7, 11) is 0. The van der Waals surface area contributed by atoms with Crippen molar-refractivity contribution in [2.75, 3.05) is 0 Å². The number of halogens is 3. The van der Waals surface area contributed by atoms with Crippen LogP contribution in [0.15, 0.2) is 164 Å². The Morgan fingerprint density at radius 1 is 0.617 bits per heavy atom. The first kappa shape index (κ1) is 34.6. The third-order valence-electron chi connectivity index (χ3n) is 8.26. The zero-order valence-corrected chi connectivity index (χ0v) is 30.2. The van der Waals surface area contributed by atoms with Gasteiger partial charge in [0.2, 0.25) is 0 Å². The van der Waals surface area contributed by atoms with Gasteiger partial charge in [-0.3, -0.25) is 6.08 Å². The van der Waals surface area contributed by atoms with Crippen molar-refractivity contribution < 1.29 is 49.0 Å². The van der Waals surface area contributed by atoms with Gasteiger partial charge in [-0.05, 0) is 10.8 Å². The molecule has 228 valence electrons. The molecular weight excluding hydrogens is 714 g/mol. The van der Waals surface area contributed by atoms with Crippen molar-refractivity contribution in [2.24, 2.45) is 0 Å². The summed E-state index contributed by atoms with van der Waals surface area (Å²) in [5.41, 5.74) is 2.51. The fourth-order valence-electron chi connectivity index (χ4n) is 6.20. The Morgan fingerprint density at radius 3 is 1.89 bits per heavy atom. The molecule has 0 unspecified atom stereocenters. The summed E-state index contributed by atoms with van der Waals surface area (Å²) in [5, 5.41) is 14.2. The van der Waals surface area contributed by atoms with Gasteiger partial charge in [-0.15, -0.1) is 40.1 Å². The molecule has 1 aliphatic rings. The maximum absolute atomic E-state index is 6.09. The molecule has 0 aromatic heterocycles. The van der Waals surface area contributed by atoms with Gasteiger partial charge in [-0.1, -0.05) is 77.5 Å². The zero-order valence-electron chi connectivity index (χ0n) is 25.4. The topological polar surface area (TPSA) is 0 Å². The molecule has 0 atom stereocenters. The summed E-state index contributed by atoms with van der Waals surface area (Å²) >= 11 is 7.49. The van der Waals surface area contributed by atoms with Crippen LogP contribution in [0.1, 0.15) is 17.5 Å². The molecule has 0 nitrogen and oxygen atoms in total. The Bertz CT molecular complexity index is 2380. The fourth-order valence-corrected chi connectivity index (χ4v) is 7.31. The van der Waals surface area contributed by atoms with Crippen molar-refractivity contribution in [1.29, 1.82) is 0 Å². The Morgan fingerprint density at radius 2 is 1.21 bits per heavy atom. The molecule has 1 aliphatic carbocycles. The number of benzene rings is 7. The van der Waals surface area contributed by atoms with Crippen molar-refractivity contribution in [1.82, 2.24) is 0 Å². The number of allylic oxidation sites excluding steroid dienone is 4. The molecule has 0 aliphatic heterocycles. The van der Waals surface area contributed by atoms with Gasteiger partial charge in [0, 0.05) is 0 Å². The minimum Gasteiger partial charge on any atom is -1.00 e. The van der Waals surface area contributed by atoms with E-state index in [1.807, 2.05) is 30.4 Å². The number of fused-ring (bicyclic) bond motifs is 9. The molecule has 0 bridgehead atoms. The van der Waals surface area contributed by atoms with E-state index < -0.39 is 0 Å². The molecule has 0 heterocycles. The van der Waals surface area contributed by atoms with Crippen LogP contribution in [0.25, 0.3) is 53.9 Å². The number of rotatable bonds is 2. The van der Waals surface area contributed by atoms with Crippen molar-refractivity contribution in [3.8, 4) is 0 Å². The summed E-state index contributed by atoms with van der Waals surface area (Å²) in [6.45, 7) is 0. The van der Waals surface area contributed by atoms with Crippen molar-refractivity contribution in [3.63, 3.8) is 0 Å². The van der Waals surface area contributed by atoms with Gasteiger partial charge in [-0.2, -0.15) is 6.08 Å². The molecule has 47 heavy (non-hydrogen) atoms. The second-order valence-corrected chi connectivity index (χ2v) is 12.7. The van der Waals surface area contributed by atoms with E-state index in [9.17, 15) is 0 Å². The van der Waals surface area contributed by atoms with Gasteiger partial charge in [-0.25, -0.2) is 12.2 Å². The normalized spacial score (nSPS) is 11.5. The first-order valence-corrected chi connectivity index (χ1v) is 16.7. The van der Waals surface area contributed by atoms with Crippen LogP contribution in [0.3, 0.4) is 0 Å². The summed E-state index contributed by atoms with van der Waals surface area (Å²) in [6.07, 6.45) is 10.0. The molecule has 8 aromatic carbocycles. The van der Waals surface area contributed by atoms with Gasteiger partial charge >= 0.3 is 133 Å². The van der Waals surface area contributed by atoms with Crippen molar-refractivity contribution >= 4 is 68.7 Å². The maximum Gasteiger partial charge on any atom is -0.0255 e. The molecule has 0 saturated carbocycles. The molecule has 0 radical (unpaired) electrons. The third-order valence-corrected chi connectivity index (χ3v) is 9.87. The van der Waals surface area contributed by atoms with E-state index in [0.29, 0.717) is 0 Å². The number of hydrogen-bond acceptors (Lipinski definition) is 0. The second-order valence-electron chi connectivity index (χ2n) is 11.0. The average molecular weight is 743 g/mol. The minimum absolute atomic E-state index is 0. The van der Waals surface area contributed by atoms with Crippen LogP contribution in [0.5, 0.6) is 0 Å². The molecule has 0 amide bonds. The van der Waals surface area contributed by atoms with Crippen LogP contribution in [-0.4, -0.2) is 3.21 Å². The van der Waals surface area contributed by atoms with Gasteiger partial charge in [0.25, 0.3) is 0 Å². The monoisotopic (exact) mass is 740 g/mol. The quantitative estimate of drug-likeness (QED) is 0.152. The molecule has 0 N–H and O–H groups in total. The van der Waals surface area contributed by atoms with E-state index in [1.165, 1.54) is 92.4 Å². The zero-order chi connectivity index (χ0) is 30.6. The van der Waals surface area contributed by atoms with E-state index in [4.69, 9.17) is 11.6 Å². The van der Waals surface area contributed by atoms with Crippen LogP contribution >= 0.6 is 11.6 Å². The van der Waals surface area contributed by atoms with Crippen LogP contribution in [0.2, 0.25) is 5.02 Å². The van der Waals surface area contributed by atoms with E-state index >= 15 is 0 Å².